The lowest BCUT2D eigenvalue weighted by molar-refractivity contribution is -0.130. The van der Waals surface area contributed by atoms with Crippen LogP contribution < -0.4 is 5.32 Å². The van der Waals surface area contributed by atoms with Crippen LogP contribution in [0.15, 0.2) is 30.4 Å². The molecule has 0 saturated heterocycles. The van der Waals surface area contributed by atoms with E-state index in [4.69, 9.17) is 4.98 Å². The van der Waals surface area contributed by atoms with Crippen molar-refractivity contribution in [3.05, 3.63) is 40.9 Å². The zero-order valence-electron chi connectivity index (χ0n) is 25.0. The molecule has 0 radical (unpaired) electrons. The van der Waals surface area contributed by atoms with Gasteiger partial charge in [-0.25, -0.2) is 4.98 Å². The van der Waals surface area contributed by atoms with Crippen LogP contribution in [-0.4, -0.2) is 54.0 Å². The highest BCUT2D eigenvalue weighted by Crippen LogP contribution is 2.30. The minimum absolute atomic E-state index is 0.0620. The van der Waals surface area contributed by atoms with E-state index in [2.05, 4.69) is 30.4 Å². The lowest BCUT2D eigenvalue weighted by Crippen LogP contribution is -2.41. The molecule has 0 bridgehead atoms. The maximum atomic E-state index is 13.8. The zero-order chi connectivity index (χ0) is 28.9. The minimum atomic E-state index is -0.449. The molecular formula is C33H49N3O3S. The van der Waals surface area contributed by atoms with E-state index in [9.17, 15) is 14.4 Å². The number of Topliss-reactive ketones (excluding diaryl/α,β-unsaturated/α-hetero) is 1. The first-order valence-corrected chi connectivity index (χ1v) is 16.1. The Labute approximate surface area is 245 Å². The smallest absolute Gasteiger partial charge is 0.224 e. The lowest BCUT2D eigenvalue weighted by atomic mass is 9.83. The Morgan fingerprint density at radius 1 is 1.12 bits per heavy atom. The second-order valence-corrected chi connectivity index (χ2v) is 12.9. The molecule has 7 heteroatoms. The molecule has 6 nitrogen and oxygen atoms in total. The van der Waals surface area contributed by atoms with Crippen LogP contribution in [0.2, 0.25) is 0 Å². The predicted octanol–water partition coefficient (Wildman–Crippen LogP) is 6.70. The van der Waals surface area contributed by atoms with Gasteiger partial charge in [0.15, 0.2) is 5.78 Å². The number of carbonyl (C=O) groups is 3. The number of carbonyl (C=O) groups excluding carboxylic acids is 3. The molecule has 1 heterocycles. The molecular weight excluding hydrogens is 518 g/mol. The Balaban J connectivity index is 1.73. The van der Waals surface area contributed by atoms with Gasteiger partial charge in [0.25, 0.3) is 0 Å². The van der Waals surface area contributed by atoms with Crippen LogP contribution in [-0.2, 0) is 27.2 Å². The normalized spacial score (nSPS) is 16.0. The van der Waals surface area contributed by atoms with Crippen molar-refractivity contribution in [2.24, 2.45) is 11.8 Å². The first kappa shape index (κ1) is 32.1. The summed E-state index contributed by atoms with van der Waals surface area (Å²) in [5.74, 6) is 0.280. The fourth-order valence-corrected chi connectivity index (χ4v) is 6.75. The fraction of sp³-hybridized carbons (Fsp3) is 0.636. The molecule has 1 N–H and O–H groups in total. The quantitative estimate of drug-likeness (QED) is 0.215. The molecule has 1 aliphatic carbocycles. The molecule has 0 unspecified atom stereocenters. The standard InChI is InChI=1S/C33H49N3O3S/c1-5-11-29(38)22-26(23-32-35-30-18-15-24(6-2)21-31(30)40-32)33(39)34-27(20-25-12-8-7-9-13-25)16-17-28(37)14-10-19-36(3)4/h10,14-15,18,21,25-27H,5-9,11-13,16-17,19-20,22-23H2,1-4H3,(H,34,39)/b14-10+/t26-,27+/m0/s1. The molecule has 1 aromatic heterocycles. The second-order valence-electron chi connectivity index (χ2n) is 11.8. The van der Waals surface area contributed by atoms with Crippen molar-refractivity contribution in [2.75, 3.05) is 20.6 Å². The number of aromatic nitrogens is 1. The Kier molecular flexibility index (Phi) is 13.5. The fourth-order valence-electron chi connectivity index (χ4n) is 5.64. The van der Waals surface area contributed by atoms with Crippen molar-refractivity contribution in [3.8, 4) is 0 Å². The molecule has 1 aliphatic rings. The summed E-state index contributed by atoms with van der Waals surface area (Å²) in [6.45, 7) is 4.86. The summed E-state index contributed by atoms with van der Waals surface area (Å²) in [5, 5.41) is 4.22. The average molecular weight is 568 g/mol. The van der Waals surface area contributed by atoms with Gasteiger partial charge < -0.3 is 10.2 Å². The third-order valence-electron chi connectivity index (χ3n) is 7.90. The van der Waals surface area contributed by atoms with Gasteiger partial charge in [-0.3, -0.25) is 14.4 Å². The van der Waals surface area contributed by atoms with E-state index in [-0.39, 0.29) is 29.9 Å². The number of allylic oxidation sites excluding steroid dienone is 1. The van der Waals surface area contributed by atoms with E-state index in [1.165, 1.54) is 37.7 Å². The number of nitrogens with zero attached hydrogens (tertiary/aromatic N) is 2. The van der Waals surface area contributed by atoms with Crippen LogP contribution in [0.1, 0.15) is 95.0 Å². The lowest BCUT2D eigenvalue weighted by Gasteiger charge is -2.28. The maximum absolute atomic E-state index is 13.8. The number of benzene rings is 1. The van der Waals surface area contributed by atoms with E-state index >= 15 is 0 Å². The minimum Gasteiger partial charge on any atom is -0.353 e. The van der Waals surface area contributed by atoms with Crippen molar-refractivity contribution in [2.45, 2.75) is 103 Å². The second kappa shape index (κ2) is 16.8. The van der Waals surface area contributed by atoms with Crippen molar-refractivity contribution in [3.63, 3.8) is 0 Å². The first-order chi connectivity index (χ1) is 19.3. The third-order valence-corrected chi connectivity index (χ3v) is 8.94. The van der Waals surface area contributed by atoms with Gasteiger partial charge in [-0.05, 0) is 69.5 Å². The topological polar surface area (TPSA) is 79.4 Å². The van der Waals surface area contributed by atoms with Crippen LogP contribution >= 0.6 is 11.3 Å². The number of amides is 1. The highest BCUT2D eigenvalue weighted by molar-refractivity contribution is 7.18. The van der Waals surface area contributed by atoms with Crippen LogP contribution in [0.4, 0.5) is 0 Å². The molecule has 220 valence electrons. The highest BCUT2D eigenvalue weighted by Gasteiger charge is 2.27. The number of likely N-dealkylation sites (N-methyl/N-ethyl adjacent to an activating group) is 1. The molecule has 0 spiro atoms. The van der Waals surface area contributed by atoms with Gasteiger partial charge >= 0.3 is 0 Å². The number of fused-ring (bicyclic) bond motifs is 1. The summed E-state index contributed by atoms with van der Waals surface area (Å²) in [6.07, 6.45) is 14.6. The van der Waals surface area contributed by atoms with Gasteiger partial charge in [-0.1, -0.05) is 58.1 Å². The number of thiazole rings is 1. The summed E-state index contributed by atoms with van der Waals surface area (Å²) < 4.78 is 1.13. The molecule has 40 heavy (non-hydrogen) atoms. The van der Waals surface area contributed by atoms with Gasteiger partial charge in [0, 0.05) is 38.3 Å². The predicted molar refractivity (Wildman–Crippen MR) is 166 cm³/mol. The molecule has 1 amide bonds. The number of aryl methyl sites for hydroxylation is 1. The number of ketones is 2. The van der Waals surface area contributed by atoms with Gasteiger partial charge in [0.2, 0.25) is 5.91 Å². The summed E-state index contributed by atoms with van der Waals surface area (Å²) in [7, 11) is 3.95. The Morgan fingerprint density at radius 2 is 1.90 bits per heavy atom. The number of hydrogen-bond acceptors (Lipinski definition) is 6. The SMILES string of the molecule is CCCC(=O)C[C@@H](Cc1nc2ccc(CC)cc2s1)C(=O)N[C@H](CCC(=O)/C=C/CN(C)C)CC1CCCCC1. The largest absolute Gasteiger partial charge is 0.353 e. The van der Waals surface area contributed by atoms with E-state index in [0.29, 0.717) is 31.6 Å². The summed E-state index contributed by atoms with van der Waals surface area (Å²) >= 11 is 1.63. The van der Waals surface area contributed by atoms with Crippen molar-refractivity contribution in [1.82, 2.24) is 15.2 Å². The summed E-state index contributed by atoms with van der Waals surface area (Å²) in [4.78, 5) is 45.9. The van der Waals surface area contributed by atoms with Crippen molar-refractivity contribution in [1.29, 1.82) is 0 Å². The van der Waals surface area contributed by atoms with E-state index in [0.717, 1.165) is 41.0 Å². The van der Waals surface area contributed by atoms with Gasteiger partial charge in [0.1, 0.15) is 5.78 Å². The van der Waals surface area contributed by atoms with E-state index in [1.807, 2.05) is 32.0 Å². The van der Waals surface area contributed by atoms with Crippen LogP contribution in [0.3, 0.4) is 0 Å². The highest BCUT2D eigenvalue weighted by atomic mass is 32.1. The van der Waals surface area contributed by atoms with Crippen molar-refractivity contribution < 1.29 is 14.4 Å². The van der Waals surface area contributed by atoms with Gasteiger partial charge in [0.05, 0.1) is 21.1 Å². The maximum Gasteiger partial charge on any atom is 0.224 e. The molecule has 1 aromatic carbocycles. The Bertz CT molecular complexity index is 1130. The van der Waals surface area contributed by atoms with Gasteiger partial charge in [-0.15, -0.1) is 11.3 Å². The zero-order valence-corrected chi connectivity index (χ0v) is 25.9. The molecule has 3 rings (SSSR count). The number of nitrogens with one attached hydrogen (secondary N) is 1. The van der Waals surface area contributed by atoms with Crippen molar-refractivity contribution >= 4 is 39.0 Å². The Hall–Kier alpha value is -2.38. The Morgan fingerprint density at radius 3 is 2.60 bits per heavy atom. The number of rotatable bonds is 17. The van der Waals surface area contributed by atoms with E-state index < -0.39 is 5.92 Å². The molecule has 1 fully saturated rings. The summed E-state index contributed by atoms with van der Waals surface area (Å²) in [6, 6.07) is 6.27. The number of hydrogen-bond donors (Lipinski definition) is 1. The molecule has 1 saturated carbocycles. The summed E-state index contributed by atoms with van der Waals surface area (Å²) in [5.41, 5.74) is 2.22. The van der Waals surface area contributed by atoms with Gasteiger partial charge in [-0.2, -0.15) is 0 Å². The van der Waals surface area contributed by atoms with E-state index in [1.54, 1.807) is 17.4 Å². The average Bonchev–Trinajstić information content (AvgIpc) is 3.33. The van der Waals surface area contributed by atoms with Crippen LogP contribution in [0, 0.1) is 11.8 Å². The first-order valence-electron chi connectivity index (χ1n) is 15.3. The molecule has 2 aromatic rings. The third kappa shape index (κ3) is 10.9. The molecule has 0 aliphatic heterocycles. The monoisotopic (exact) mass is 567 g/mol. The molecule has 2 atom stereocenters. The van der Waals surface area contributed by atoms with Crippen LogP contribution in [0.5, 0.6) is 0 Å². The van der Waals surface area contributed by atoms with Crippen LogP contribution in [0.25, 0.3) is 10.2 Å².